The lowest BCUT2D eigenvalue weighted by Crippen LogP contribution is -2.12. The Kier molecular flexibility index (Phi) is 3.06. The second-order valence-electron chi connectivity index (χ2n) is 2.60. The predicted molar refractivity (Wildman–Crippen MR) is 48.6 cm³/mol. The van der Waals surface area contributed by atoms with Crippen LogP contribution < -0.4 is 16.2 Å². The molecule has 1 aromatic rings. The molecule has 0 saturated carbocycles. The third-order valence-corrected chi connectivity index (χ3v) is 1.51. The van der Waals surface area contributed by atoms with Crippen LogP contribution >= 0.6 is 0 Å². The summed E-state index contributed by atoms with van der Waals surface area (Å²) in [5, 5.41) is 0. The van der Waals surface area contributed by atoms with E-state index in [1.807, 2.05) is 0 Å². The molecule has 0 aliphatic carbocycles. The van der Waals surface area contributed by atoms with Gasteiger partial charge in [-0.2, -0.15) is 0 Å². The number of nitrogens with two attached hydrogens (primary N) is 1. The minimum Gasteiger partial charge on any atom is -0.484 e. The second kappa shape index (κ2) is 4.27. The molecular formula is C9H9N2O3. The summed E-state index contributed by atoms with van der Waals surface area (Å²) in [6.07, 6.45) is 0. The SMILES string of the molecule is [NH]C(=O)COc1ccc(C(N)=O)cc1. The van der Waals surface area contributed by atoms with Crippen LogP contribution in [0.2, 0.25) is 0 Å². The molecule has 0 unspecified atom stereocenters. The van der Waals surface area contributed by atoms with Crippen molar-refractivity contribution in [2.24, 2.45) is 5.73 Å². The number of carbonyl (C=O) groups excluding carboxylic acids is 2. The predicted octanol–water partition coefficient (Wildman–Crippen LogP) is -0.0262. The summed E-state index contributed by atoms with van der Waals surface area (Å²) >= 11 is 0. The van der Waals surface area contributed by atoms with Crippen molar-refractivity contribution in [2.75, 3.05) is 6.61 Å². The van der Waals surface area contributed by atoms with Crippen LogP contribution in [0.1, 0.15) is 10.4 Å². The van der Waals surface area contributed by atoms with E-state index in [9.17, 15) is 9.59 Å². The summed E-state index contributed by atoms with van der Waals surface area (Å²) in [7, 11) is 0. The number of ether oxygens (including phenoxy) is 1. The fraction of sp³-hybridized carbons (Fsp3) is 0.111. The molecule has 73 valence electrons. The van der Waals surface area contributed by atoms with Gasteiger partial charge in [0.2, 0.25) is 5.91 Å². The number of benzene rings is 1. The minimum absolute atomic E-state index is 0.296. The van der Waals surface area contributed by atoms with Crippen LogP contribution in [0.25, 0.3) is 0 Å². The molecule has 0 bridgehead atoms. The fourth-order valence-electron chi connectivity index (χ4n) is 0.864. The van der Waals surface area contributed by atoms with Gasteiger partial charge in [0.1, 0.15) is 5.75 Å². The van der Waals surface area contributed by atoms with Gasteiger partial charge >= 0.3 is 0 Å². The molecule has 0 aliphatic rings. The van der Waals surface area contributed by atoms with E-state index in [0.29, 0.717) is 11.3 Å². The maximum absolute atomic E-state index is 10.7. The number of rotatable bonds is 4. The third kappa shape index (κ3) is 2.78. The standard InChI is InChI=1S/C9H9N2O3/c10-8(12)5-14-7-3-1-6(2-4-7)9(11)13/h1-4,10H,5H2,(H2,11,13). The van der Waals surface area contributed by atoms with Gasteiger partial charge in [0.25, 0.3) is 5.91 Å². The highest BCUT2D eigenvalue weighted by Crippen LogP contribution is 2.11. The van der Waals surface area contributed by atoms with Gasteiger partial charge in [-0.1, -0.05) is 0 Å². The second-order valence-corrected chi connectivity index (χ2v) is 2.60. The summed E-state index contributed by atoms with van der Waals surface area (Å²) in [6.45, 7) is -0.296. The van der Waals surface area contributed by atoms with Gasteiger partial charge in [-0.15, -0.1) is 0 Å². The van der Waals surface area contributed by atoms with Crippen LogP contribution in [0.4, 0.5) is 0 Å². The molecule has 0 spiro atoms. The first kappa shape index (κ1) is 10.0. The van der Waals surface area contributed by atoms with Crippen molar-refractivity contribution in [3.8, 4) is 5.75 Å². The van der Waals surface area contributed by atoms with Crippen LogP contribution in [0.5, 0.6) is 5.75 Å². The van der Waals surface area contributed by atoms with E-state index in [1.165, 1.54) is 24.3 Å². The van der Waals surface area contributed by atoms with Crippen molar-refractivity contribution in [1.29, 1.82) is 0 Å². The molecular weight excluding hydrogens is 184 g/mol. The van der Waals surface area contributed by atoms with E-state index in [4.69, 9.17) is 16.2 Å². The number of hydrogen-bond acceptors (Lipinski definition) is 3. The molecule has 0 atom stereocenters. The molecule has 1 aromatic carbocycles. The molecule has 0 saturated heterocycles. The highest BCUT2D eigenvalue weighted by Gasteiger charge is 2.01. The van der Waals surface area contributed by atoms with E-state index in [0.717, 1.165) is 0 Å². The molecule has 1 rings (SSSR count). The Bertz CT molecular complexity index is 346. The van der Waals surface area contributed by atoms with Gasteiger partial charge in [0.15, 0.2) is 6.61 Å². The minimum atomic E-state index is -0.802. The normalized spacial score (nSPS) is 9.43. The molecule has 5 heteroatoms. The topological polar surface area (TPSA) is 93.2 Å². The highest BCUT2D eigenvalue weighted by atomic mass is 16.5. The van der Waals surface area contributed by atoms with Crippen LogP contribution in [-0.4, -0.2) is 18.4 Å². The Labute approximate surface area is 80.6 Å². The van der Waals surface area contributed by atoms with Gasteiger partial charge in [0, 0.05) is 5.56 Å². The van der Waals surface area contributed by atoms with E-state index >= 15 is 0 Å². The Balaban J connectivity index is 2.64. The summed E-state index contributed by atoms with van der Waals surface area (Å²) in [6, 6.07) is 6.02. The summed E-state index contributed by atoms with van der Waals surface area (Å²) in [4.78, 5) is 20.9. The first-order valence-corrected chi connectivity index (χ1v) is 3.86. The zero-order valence-electron chi connectivity index (χ0n) is 7.32. The number of amides is 2. The van der Waals surface area contributed by atoms with Crippen molar-refractivity contribution in [3.05, 3.63) is 29.8 Å². The summed E-state index contributed by atoms with van der Waals surface area (Å²) in [5.41, 5.74) is 12.0. The number of nitrogens with one attached hydrogen (secondary N) is 1. The van der Waals surface area contributed by atoms with Crippen molar-refractivity contribution in [1.82, 2.24) is 5.73 Å². The molecule has 3 N–H and O–H groups in total. The largest absolute Gasteiger partial charge is 0.484 e. The van der Waals surface area contributed by atoms with E-state index in [2.05, 4.69) is 0 Å². The van der Waals surface area contributed by atoms with Crippen molar-refractivity contribution < 1.29 is 14.3 Å². The summed E-state index contributed by atoms with van der Waals surface area (Å²) in [5.74, 6) is -0.896. The third-order valence-electron chi connectivity index (χ3n) is 1.51. The lowest BCUT2D eigenvalue weighted by molar-refractivity contribution is -0.120. The lowest BCUT2D eigenvalue weighted by atomic mass is 10.2. The Morgan fingerprint density at radius 2 is 1.86 bits per heavy atom. The maximum Gasteiger partial charge on any atom is 0.276 e. The molecule has 0 aliphatic heterocycles. The molecule has 1 radical (unpaired) electrons. The molecule has 14 heavy (non-hydrogen) atoms. The van der Waals surface area contributed by atoms with Gasteiger partial charge in [-0.25, -0.2) is 0 Å². The number of primary amides is 1. The van der Waals surface area contributed by atoms with E-state index in [-0.39, 0.29) is 6.61 Å². The molecule has 0 fully saturated rings. The van der Waals surface area contributed by atoms with Gasteiger partial charge in [-0.3, -0.25) is 15.3 Å². The Hall–Kier alpha value is -2.04. The Morgan fingerprint density at radius 1 is 1.29 bits per heavy atom. The van der Waals surface area contributed by atoms with Crippen molar-refractivity contribution >= 4 is 11.8 Å². The molecule has 2 amide bonds. The lowest BCUT2D eigenvalue weighted by Gasteiger charge is -2.02. The zero-order valence-corrected chi connectivity index (χ0v) is 7.32. The monoisotopic (exact) mass is 193 g/mol. The van der Waals surface area contributed by atoms with Gasteiger partial charge in [0.05, 0.1) is 0 Å². The zero-order chi connectivity index (χ0) is 10.6. The molecule has 5 nitrogen and oxygen atoms in total. The maximum atomic E-state index is 10.7. The first-order valence-electron chi connectivity index (χ1n) is 3.86. The van der Waals surface area contributed by atoms with Gasteiger partial charge in [-0.05, 0) is 24.3 Å². The average Bonchev–Trinajstić information content (AvgIpc) is 2.15. The van der Waals surface area contributed by atoms with E-state index < -0.39 is 11.8 Å². The first-order chi connectivity index (χ1) is 6.59. The van der Waals surface area contributed by atoms with Crippen LogP contribution in [0.3, 0.4) is 0 Å². The van der Waals surface area contributed by atoms with Crippen molar-refractivity contribution in [2.45, 2.75) is 0 Å². The molecule has 0 aromatic heterocycles. The number of carbonyl (C=O) groups is 2. The highest BCUT2D eigenvalue weighted by molar-refractivity contribution is 5.92. The van der Waals surface area contributed by atoms with Crippen LogP contribution in [-0.2, 0) is 4.79 Å². The van der Waals surface area contributed by atoms with Crippen LogP contribution in [0, 0.1) is 0 Å². The van der Waals surface area contributed by atoms with Gasteiger partial charge < -0.3 is 10.5 Å². The fourth-order valence-corrected chi connectivity index (χ4v) is 0.864. The summed E-state index contributed by atoms with van der Waals surface area (Å²) < 4.78 is 4.91. The number of hydrogen-bond donors (Lipinski definition) is 1. The van der Waals surface area contributed by atoms with Crippen molar-refractivity contribution in [3.63, 3.8) is 0 Å². The quantitative estimate of drug-likeness (QED) is 0.727. The van der Waals surface area contributed by atoms with E-state index in [1.54, 1.807) is 0 Å². The smallest absolute Gasteiger partial charge is 0.276 e. The van der Waals surface area contributed by atoms with Crippen LogP contribution in [0.15, 0.2) is 24.3 Å². The average molecular weight is 193 g/mol. The molecule has 0 heterocycles. The Morgan fingerprint density at radius 3 is 2.29 bits per heavy atom.